The van der Waals surface area contributed by atoms with Crippen LogP contribution in [0.25, 0.3) is 0 Å². The van der Waals surface area contributed by atoms with Gasteiger partial charge >= 0.3 is 0 Å². The lowest BCUT2D eigenvalue weighted by molar-refractivity contribution is -0.384. The number of hydrogen-bond donors (Lipinski definition) is 3. The Morgan fingerprint density at radius 3 is 2.24 bits per heavy atom. The van der Waals surface area contributed by atoms with Crippen LogP contribution in [0.15, 0.2) is 24.3 Å². The topological polar surface area (TPSA) is 95.6 Å². The van der Waals surface area contributed by atoms with Crippen molar-refractivity contribution in [3.63, 3.8) is 0 Å². The summed E-state index contributed by atoms with van der Waals surface area (Å²) in [6.45, 7) is 1.75. The first kappa shape index (κ1) is 13.6. The predicted octanol–water partition coefficient (Wildman–Crippen LogP) is 0.428. The Hall–Kier alpha value is -1.50. The summed E-state index contributed by atoms with van der Waals surface area (Å²) in [5.41, 5.74) is 0.145. The number of nitro benzene ring substituents is 1. The van der Waals surface area contributed by atoms with E-state index < -0.39 is 10.5 Å². The SMILES string of the molecule is CC(CO)(CO)NCc1ccc([N+](=O)[O-])cc1. The Labute approximate surface area is 99.0 Å². The average Bonchev–Trinajstić information content (AvgIpc) is 2.36. The highest BCUT2D eigenvalue weighted by atomic mass is 16.6. The zero-order chi connectivity index (χ0) is 12.9. The van der Waals surface area contributed by atoms with Gasteiger partial charge in [-0.15, -0.1) is 0 Å². The molecule has 0 amide bonds. The van der Waals surface area contributed by atoms with Crippen LogP contribution in [-0.2, 0) is 6.54 Å². The molecule has 0 radical (unpaired) electrons. The third kappa shape index (κ3) is 3.77. The third-order valence-corrected chi connectivity index (χ3v) is 2.56. The number of aliphatic hydroxyl groups excluding tert-OH is 2. The predicted molar refractivity (Wildman–Crippen MR) is 62.5 cm³/mol. The molecule has 0 fully saturated rings. The van der Waals surface area contributed by atoms with Crippen molar-refractivity contribution in [1.29, 1.82) is 0 Å². The lowest BCUT2D eigenvalue weighted by Gasteiger charge is -2.26. The molecule has 3 N–H and O–H groups in total. The molecular weight excluding hydrogens is 224 g/mol. The summed E-state index contributed by atoms with van der Waals surface area (Å²) in [7, 11) is 0. The van der Waals surface area contributed by atoms with Crippen LogP contribution >= 0.6 is 0 Å². The zero-order valence-electron chi connectivity index (χ0n) is 9.59. The van der Waals surface area contributed by atoms with Crippen LogP contribution in [0.3, 0.4) is 0 Å². The molecule has 0 spiro atoms. The van der Waals surface area contributed by atoms with Crippen molar-refractivity contribution in [2.45, 2.75) is 19.0 Å². The second-order valence-electron chi connectivity index (χ2n) is 4.15. The molecule has 1 aromatic rings. The van der Waals surface area contributed by atoms with E-state index in [2.05, 4.69) is 5.32 Å². The van der Waals surface area contributed by atoms with Crippen molar-refractivity contribution in [3.05, 3.63) is 39.9 Å². The van der Waals surface area contributed by atoms with E-state index >= 15 is 0 Å². The molecule has 0 aromatic heterocycles. The van der Waals surface area contributed by atoms with Crippen LogP contribution < -0.4 is 5.32 Å². The van der Waals surface area contributed by atoms with Gasteiger partial charge in [0.2, 0.25) is 0 Å². The maximum Gasteiger partial charge on any atom is 0.269 e. The summed E-state index contributed by atoms with van der Waals surface area (Å²) in [5.74, 6) is 0. The van der Waals surface area contributed by atoms with Gasteiger partial charge in [-0.05, 0) is 12.5 Å². The van der Waals surface area contributed by atoms with Gasteiger partial charge in [0.25, 0.3) is 5.69 Å². The summed E-state index contributed by atoms with van der Waals surface area (Å²) >= 11 is 0. The van der Waals surface area contributed by atoms with Crippen LogP contribution in [0, 0.1) is 10.1 Å². The summed E-state index contributed by atoms with van der Waals surface area (Å²) in [5, 5.41) is 31.6. The minimum atomic E-state index is -0.748. The Morgan fingerprint density at radius 1 is 1.29 bits per heavy atom. The molecule has 94 valence electrons. The monoisotopic (exact) mass is 240 g/mol. The Kier molecular flexibility index (Phi) is 4.56. The molecule has 0 atom stereocenters. The minimum absolute atomic E-state index is 0.0424. The van der Waals surface area contributed by atoms with Crippen LogP contribution in [0.5, 0.6) is 0 Å². The first-order valence-corrected chi connectivity index (χ1v) is 5.21. The van der Waals surface area contributed by atoms with Gasteiger partial charge in [0.15, 0.2) is 0 Å². The molecule has 1 rings (SSSR count). The molecule has 1 aromatic carbocycles. The van der Waals surface area contributed by atoms with E-state index in [1.165, 1.54) is 12.1 Å². The molecule has 0 aliphatic carbocycles. The third-order valence-electron chi connectivity index (χ3n) is 2.56. The average molecular weight is 240 g/mol. The van der Waals surface area contributed by atoms with Gasteiger partial charge in [0.1, 0.15) is 0 Å². The Bertz CT molecular complexity index is 374. The summed E-state index contributed by atoms with van der Waals surface area (Å²) < 4.78 is 0. The van der Waals surface area contributed by atoms with Crippen molar-refractivity contribution in [2.24, 2.45) is 0 Å². The van der Waals surface area contributed by atoms with Gasteiger partial charge in [-0.25, -0.2) is 0 Å². The highest BCUT2D eigenvalue weighted by molar-refractivity contribution is 5.32. The lowest BCUT2D eigenvalue weighted by Crippen LogP contribution is -2.48. The molecule has 0 aliphatic rings. The van der Waals surface area contributed by atoms with Crippen LogP contribution in [-0.4, -0.2) is 33.9 Å². The number of nitrogens with one attached hydrogen (secondary N) is 1. The van der Waals surface area contributed by atoms with Crippen molar-refractivity contribution >= 4 is 5.69 Å². The van der Waals surface area contributed by atoms with Crippen molar-refractivity contribution in [2.75, 3.05) is 13.2 Å². The van der Waals surface area contributed by atoms with E-state index in [-0.39, 0.29) is 18.9 Å². The van der Waals surface area contributed by atoms with Crippen molar-refractivity contribution in [1.82, 2.24) is 5.32 Å². The first-order chi connectivity index (χ1) is 8.00. The fourth-order valence-electron chi connectivity index (χ4n) is 1.21. The molecule has 0 saturated carbocycles. The number of non-ortho nitro benzene ring substituents is 1. The van der Waals surface area contributed by atoms with E-state index in [1.807, 2.05) is 0 Å². The second-order valence-corrected chi connectivity index (χ2v) is 4.15. The lowest BCUT2D eigenvalue weighted by atomic mass is 10.0. The molecule has 0 unspecified atom stereocenters. The van der Waals surface area contributed by atoms with Crippen LogP contribution in [0.4, 0.5) is 5.69 Å². The minimum Gasteiger partial charge on any atom is -0.394 e. The number of aliphatic hydroxyl groups is 2. The molecule has 6 heteroatoms. The van der Waals surface area contributed by atoms with Crippen LogP contribution in [0.2, 0.25) is 0 Å². The largest absolute Gasteiger partial charge is 0.394 e. The van der Waals surface area contributed by atoms with Crippen molar-refractivity contribution < 1.29 is 15.1 Å². The van der Waals surface area contributed by atoms with Crippen molar-refractivity contribution in [3.8, 4) is 0 Å². The summed E-state index contributed by atoms with van der Waals surface area (Å²) in [6, 6.07) is 6.12. The molecule has 0 heterocycles. The van der Waals surface area contributed by atoms with E-state index in [4.69, 9.17) is 10.2 Å². The molecule has 17 heavy (non-hydrogen) atoms. The normalized spacial score (nSPS) is 11.5. The van der Waals surface area contributed by atoms with Gasteiger partial charge in [0.05, 0.1) is 23.7 Å². The number of nitrogens with zero attached hydrogens (tertiary/aromatic N) is 1. The molecule has 6 nitrogen and oxygen atoms in total. The maximum absolute atomic E-state index is 10.4. The zero-order valence-corrected chi connectivity index (χ0v) is 9.59. The van der Waals surface area contributed by atoms with Gasteiger partial charge in [-0.1, -0.05) is 12.1 Å². The van der Waals surface area contributed by atoms with E-state index in [0.717, 1.165) is 5.56 Å². The number of rotatable bonds is 6. The van der Waals surface area contributed by atoms with Gasteiger partial charge < -0.3 is 15.5 Å². The smallest absolute Gasteiger partial charge is 0.269 e. The van der Waals surface area contributed by atoms with Gasteiger partial charge in [-0.3, -0.25) is 10.1 Å². The number of benzene rings is 1. The molecule has 0 saturated heterocycles. The number of nitro groups is 1. The van der Waals surface area contributed by atoms with Gasteiger partial charge in [0, 0.05) is 18.7 Å². The fourth-order valence-corrected chi connectivity index (χ4v) is 1.21. The fraction of sp³-hybridized carbons (Fsp3) is 0.455. The van der Waals surface area contributed by atoms with E-state index in [0.29, 0.717) is 6.54 Å². The Morgan fingerprint density at radius 2 is 1.82 bits per heavy atom. The maximum atomic E-state index is 10.4. The quantitative estimate of drug-likeness (QED) is 0.495. The van der Waals surface area contributed by atoms with E-state index in [1.54, 1.807) is 19.1 Å². The second kappa shape index (κ2) is 5.72. The van der Waals surface area contributed by atoms with Crippen LogP contribution in [0.1, 0.15) is 12.5 Å². The standard InChI is InChI=1S/C11H16N2O4/c1-11(7-14,8-15)12-6-9-2-4-10(5-3-9)13(16)17/h2-5,12,14-15H,6-8H2,1H3. The highest BCUT2D eigenvalue weighted by Crippen LogP contribution is 2.12. The summed E-state index contributed by atoms with van der Waals surface area (Å²) in [4.78, 5) is 9.99. The first-order valence-electron chi connectivity index (χ1n) is 5.21. The number of hydrogen-bond acceptors (Lipinski definition) is 5. The Balaban J connectivity index is 2.61. The summed E-state index contributed by atoms with van der Waals surface area (Å²) in [6.07, 6.45) is 0. The molecular formula is C11H16N2O4. The highest BCUT2D eigenvalue weighted by Gasteiger charge is 2.21. The molecule has 0 bridgehead atoms. The van der Waals surface area contributed by atoms with E-state index in [9.17, 15) is 10.1 Å². The molecule has 0 aliphatic heterocycles. The van der Waals surface area contributed by atoms with Gasteiger partial charge in [-0.2, -0.15) is 0 Å².